The highest BCUT2D eigenvalue weighted by atomic mass is 35.5. The molecular weight excluding hydrogens is 219 g/mol. The average molecular weight is 227 g/mol. The van der Waals surface area contributed by atoms with Gasteiger partial charge in [-0.1, -0.05) is 29.3 Å². The van der Waals surface area contributed by atoms with Gasteiger partial charge in [-0.15, -0.1) is 0 Å². The van der Waals surface area contributed by atoms with Crippen molar-refractivity contribution >= 4 is 23.2 Å². The first-order valence-corrected chi connectivity index (χ1v) is 4.90. The minimum absolute atomic E-state index is 0.543. The summed E-state index contributed by atoms with van der Waals surface area (Å²) >= 11 is 12.0. The number of aromatic nitrogens is 2. The minimum atomic E-state index is 0.543. The van der Waals surface area contributed by atoms with Crippen LogP contribution >= 0.6 is 23.2 Å². The predicted molar refractivity (Wildman–Crippen MR) is 58.8 cm³/mol. The zero-order chi connectivity index (χ0) is 10.1. The van der Waals surface area contributed by atoms with Crippen molar-refractivity contribution in [3.8, 4) is 11.4 Å². The summed E-state index contributed by atoms with van der Waals surface area (Å²) in [6.45, 7) is 1.97. The summed E-state index contributed by atoms with van der Waals surface area (Å²) in [4.78, 5) is 7.16. The molecule has 2 nitrogen and oxygen atoms in total. The number of hydrogen-bond acceptors (Lipinski definition) is 1. The molecule has 0 spiro atoms. The van der Waals surface area contributed by atoms with Gasteiger partial charge in [-0.25, -0.2) is 4.98 Å². The minimum Gasteiger partial charge on any atom is -0.345 e. The highest BCUT2D eigenvalue weighted by molar-refractivity contribution is 6.43. The Kier molecular flexibility index (Phi) is 2.48. The van der Waals surface area contributed by atoms with E-state index >= 15 is 0 Å². The van der Waals surface area contributed by atoms with Crippen molar-refractivity contribution in [1.29, 1.82) is 0 Å². The fourth-order valence-corrected chi connectivity index (χ4v) is 1.80. The molecule has 4 heteroatoms. The zero-order valence-electron chi connectivity index (χ0n) is 7.51. The molecule has 2 rings (SSSR count). The van der Waals surface area contributed by atoms with Crippen molar-refractivity contribution in [2.45, 2.75) is 6.92 Å². The molecule has 1 heterocycles. The van der Waals surface area contributed by atoms with Crippen LogP contribution in [-0.4, -0.2) is 9.97 Å². The molecule has 1 N–H and O–H groups in total. The van der Waals surface area contributed by atoms with E-state index in [2.05, 4.69) is 9.97 Å². The molecular formula is C10H8Cl2N2. The Morgan fingerprint density at radius 2 is 2.07 bits per heavy atom. The lowest BCUT2D eigenvalue weighted by Crippen LogP contribution is -1.87. The van der Waals surface area contributed by atoms with Crippen LogP contribution in [0.5, 0.6) is 0 Å². The number of rotatable bonds is 1. The van der Waals surface area contributed by atoms with Gasteiger partial charge in [-0.2, -0.15) is 0 Å². The van der Waals surface area contributed by atoms with E-state index in [1.165, 1.54) is 0 Å². The molecule has 0 atom stereocenters. The summed E-state index contributed by atoms with van der Waals surface area (Å²) < 4.78 is 0. The van der Waals surface area contributed by atoms with Crippen molar-refractivity contribution in [3.05, 3.63) is 40.1 Å². The van der Waals surface area contributed by atoms with E-state index in [0.29, 0.717) is 10.0 Å². The van der Waals surface area contributed by atoms with Crippen LogP contribution in [0, 0.1) is 6.92 Å². The lowest BCUT2D eigenvalue weighted by Gasteiger charge is -2.06. The summed E-state index contributed by atoms with van der Waals surface area (Å²) in [7, 11) is 0. The third kappa shape index (κ3) is 1.51. The van der Waals surface area contributed by atoms with Gasteiger partial charge in [0.15, 0.2) is 0 Å². The monoisotopic (exact) mass is 226 g/mol. The molecule has 0 saturated heterocycles. The molecule has 0 saturated carbocycles. The second-order valence-electron chi connectivity index (χ2n) is 2.99. The van der Waals surface area contributed by atoms with E-state index in [-0.39, 0.29) is 0 Å². The van der Waals surface area contributed by atoms with Gasteiger partial charge in [0.1, 0.15) is 5.82 Å². The summed E-state index contributed by atoms with van der Waals surface area (Å²) in [5, 5.41) is 1.09. The fraction of sp³-hybridized carbons (Fsp3) is 0.100. The third-order valence-corrected chi connectivity index (χ3v) is 2.84. The molecule has 72 valence electrons. The van der Waals surface area contributed by atoms with Crippen LogP contribution in [0.15, 0.2) is 24.5 Å². The normalized spacial score (nSPS) is 10.5. The van der Waals surface area contributed by atoms with Crippen LogP contribution in [-0.2, 0) is 0 Å². The van der Waals surface area contributed by atoms with Crippen LogP contribution in [0.4, 0.5) is 0 Å². The molecule has 14 heavy (non-hydrogen) atoms. The number of hydrogen-bond donors (Lipinski definition) is 1. The lowest BCUT2D eigenvalue weighted by molar-refractivity contribution is 1.29. The standard InChI is InChI=1S/C10H8Cl2N2/c1-6-2-3-7(11)9(12)8(6)10-13-4-5-14-10/h2-5H,1H3,(H,13,14). The number of nitrogens with one attached hydrogen (secondary N) is 1. The second-order valence-corrected chi connectivity index (χ2v) is 3.78. The molecule has 2 aromatic rings. The summed E-state index contributed by atoms with van der Waals surface area (Å²) in [6, 6.07) is 3.71. The van der Waals surface area contributed by atoms with E-state index in [0.717, 1.165) is 17.0 Å². The smallest absolute Gasteiger partial charge is 0.139 e. The van der Waals surface area contributed by atoms with Crippen LogP contribution in [0.25, 0.3) is 11.4 Å². The summed E-state index contributed by atoms with van der Waals surface area (Å²) in [6.07, 6.45) is 3.44. The van der Waals surface area contributed by atoms with Crippen molar-refractivity contribution in [2.24, 2.45) is 0 Å². The van der Waals surface area contributed by atoms with E-state index in [1.807, 2.05) is 13.0 Å². The van der Waals surface area contributed by atoms with Gasteiger partial charge in [-0.3, -0.25) is 0 Å². The summed E-state index contributed by atoms with van der Waals surface area (Å²) in [5.74, 6) is 0.745. The fourth-order valence-electron chi connectivity index (χ4n) is 1.34. The molecule has 0 unspecified atom stereocenters. The molecule has 0 amide bonds. The number of H-pyrrole nitrogens is 1. The quantitative estimate of drug-likeness (QED) is 0.790. The number of aryl methyl sites for hydroxylation is 1. The third-order valence-electron chi connectivity index (χ3n) is 2.04. The number of benzene rings is 1. The molecule has 0 aliphatic carbocycles. The number of imidazole rings is 1. The Hall–Kier alpha value is -0.990. The van der Waals surface area contributed by atoms with Crippen molar-refractivity contribution in [2.75, 3.05) is 0 Å². The zero-order valence-corrected chi connectivity index (χ0v) is 9.02. The highest BCUT2D eigenvalue weighted by Gasteiger charge is 2.11. The number of halogens is 2. The van der Waals surface area contributed by atoms with Gasteiger partial charge in [-0.05, 0) is 18.6 Å². The largest absolute Gasteiger partial charge is 0.345 e. The molecule has 0 fully saturated rings. The Labute approximate surface area is 91.9 Å². The van der Waals surface area contributed by atoms with E-state index in [9.17, 15) is 0 Å². The van der Waals surface area contributed by atoms with E-state index in [1.54, 1.807) is 18.5 Å². The second kappa shape index (κ2) is 3.64. The lowest BCUT2D eigenvalue weighted by atomic mass is 10.1. The van der Waals surface area contributed by atoms with Gasteiger partial charge in [0.2, 0.25) is 0 Å². The first-order valence-electron chi connectivity index (χ1n) is 4.14. The first kappa shape index (κ1) is 9.56. The Morgan fingerprint density at radius 1 is 1.29 bits per heavy atom. The molecule has 0 aliphatic heterocycles. The predicted octanol–water partition coefficient (Wildman–Crippen LogP) is 3.69. The maximum atomic E-state index is 6.10. The van der Waals surface area contributed by atoms with Gasteiger partial charge in [0, 0.05) is 18.0 Å². The van der Waals surface area contributed by atoms with Crippen LogP contribution in [0.3, 0.4) is 0 Å². The Balaban J connectivity index is 2.69. The van der Waals surface area contributed by atoms with Crippen LogP contribution < -0.4 is 0 Å². The molecule has 0 radical (unpaired) electrons. The first-order chi connectivity index (χ1) is 6.70. The van der Waals surface area contributed by atoms with E-state index in [4.69, 9.17) is 23.2 Å². The highest BCUT2D eigenvalue weighted by Crippen LogP contribution is 2.34. The number of aromatic amines is 1. The Bertz CT molecular complexity index is 449. The molecule has 0 bridgehead atoms. The van der Waals surface area contributed by atoms with Crippen molar-refractivity contribution in [1.82, 2.24) is 9.97 Å². The average Bonchev–Trinajstić information content (AvgIpc) is 2.65. The maximum absolute atomic E-state index is 6.10. The van der Waals surface area contributed by atoms with Gasteiger partial charge >= 0.3 is 0 Å². The van der Waals surface area contributed by atoms with Crippen molar-refractivity contribution in [3.63, 3.8) is 0 Å². The van der Waals surface area contributed by atoms with Crippen LogP contribution in [0.1, 0.15) is 5.56 Å². The molecule has 0 aliphatic rings. The van der Waals surface area contributed by atoms with Crippen molar-refractivity contribution < 1.29 is 0 Å². The maximum Gasteiger partial charge on any atom is 0.139 e. The van der Waals surface area contributed by atoms with Gasteiger partial charge in [0.05, 0.1) is 10.0 Å². The van der Waals surface area contributed by atoms with Gasteiger partial charge < -0.3 is 4.98 Å². The molecule has 1 aromatic carbocycles. The summed E-state index contributed by atoms with van der Waals surface area (Å²) in [5.41, 5.74) is 1.92. The SMILES string of the molecule is Cc1ccc(Cl)c(Cl)c1-c1ncc[nH]1. The van der Waals surface area contributed by atoms with E-state index < -0.39 is 0 Å². The van der Waals surface area contributed by atoms with Gasteiger partial charge in [0.25, 0.3) is 0 Å². The molecule has 1 aromatic heterocycles. The van der Waals surface area contributed by atoms with Crippen LogP contribution in [0.2, 0.25) is 10.0 Å². The number of nitrogens with zero attached hydrogens (tertiary/aromatic N) is 1. The Morgan fingerprint density at radius 3 is 2.71 bits per heavy atom. The topological polar surface area (TPSA) is 28.7 Å².